The molecule has 2 fully saturated rings. The van der Waals surface area contributed by atoms with Crippen molar-refractivity contribution in [1.29, 1.82) is 0 Å². The summed E-state index contributed by atoms with van der Waals surface area (Å²) in [4.78, 5) is 2.76. The molecule has 2 nitrogen and oxygen atoms in total. The molecule has 1 saturated heterocycles. The molecule has 0 aromatic heterocycles. The van der Waals surface area contributed by atoms with Crippen LogP contribution in [0.1, 0.15) is 56.9 Å². The van der Waals surface area contributed by atoms with E-state index < -0.39 is 0 Å². The van der Waals surface area contributed by atoms with Gasteiger partial charge in [0.2, 0.25) is 0 Å². The van der Waals surface area contributed by atoms with Crippen LogP contribution >= 0.6 is 0 Å². The lowest BCUT2D eigenvalue weighted by molar-refractivity contribution is 0.0459. The Morgan fingerprint density at radius 1 is 0.952 bits per heavy atom. The molecule has 2 N–H and O–H groups in total. The van der Waals surface area contributed by atoms with E-state index in [1.54, 1.807) is 0 Å². The Balaban J connectivity index is 1.65. The molecule has 1 saturated carbocycles. The molecule has 1 atom stereocenters. The van der Waals surface area contributed by atoms with Crippen LogP contribution in [0.3, 0.4) is 0 Å². The van der Waals surface area contributed by atoms with Gasteiger partial charge in [-0.1, -0.05) is 49.6 Å². The van der Waals surface area contributed by atoms with Crippen molar-refractivity contribution in [1.82, 2.24) is 4.90 Å². The van der Waals surface area contributed by atoms with Gasteiger partial charge in [0.15, 0.2) is 0 Å². The van der Waals surface area contributed by atoms with Crippen LogP contribution in [0.2, 0.25) is 0 Å². The van der Waals surface area contributed by atoms with E-state index in [9.17, 15) is 0 Å². The van der Waals surface area contributed by atoms with Crippen molar-refractivity contribution >= 4 is 0 Å². The Bertz CT molecular complexity index is 416. The second-order valence-corrected chi connectivity index (χ2v) is 6.99. The standard InChI is InChI=1S/C19H30N2/c20-18(12-11-17-9-3-1-4-10-17)19(13-5-6-14-19)21-15-7-2-8-16-21/h1,3-4,9-10,18H,2,5-8,11-16,20H2. The van der Waals surface area contributed by atoms with Crippen molar-refractivity contribution in [2.45, 2.75) is 69.4 Å². The quantitative estimate of drug-likeness (QED) is 0.893. The van der Waals surface area contributed by atoms with Gasteiger partial charge in [-0.25, -0.2) is 0 Å². The molecule has 21 heavy (non-hydrogen) atoms. The first kappa shape index (κ1) is 15.1. The van der Waals surface area contributed by atoms with E-state index in [1.165, 1.54) is 63.6 Å². The average molecular weight is 286 g/mol. The van der Waals surface area contributed by atoms with Crippen molar-refractivity contribution < 1.29 is 0 Å². The van der Waals surface area contributed by atoms with Gasteiger partial charge in [0, 0.05) is 11.6 Å². The SMILES string of the molecule is NC(CCc1ccccc1)C1(N2CCCCC2)CCCC1. The summed E-state index contributed by atoms with van der Waals surface area (Å²) < 4.78 is 0. The first-order valence-corrected chi connectivity index (χ1v) is 8.86. The zero-order chi connectivity index (χ0) is 14.5. The minimum Gasteiger partial charge on any atom is -0.326 e. The van der Waals surface area contributed by atoms with Gasteiger partial charge in [0.25, 0.3) is 0 Å². The fourth-order valence-corrected chi connectivity index (χ4v) is 4.48. The van der Waals surface area contributed by atoms with E-state index in [0.29, 0.717) is 11.6 Å². The molecule has 0 spiro atoms. The van der Waals surface area contributed by atoms with E-state index in [-0.39, 0.29) is 0 Å². The Labute approximate surface area is 129 Å². The summed E-state index contributed by atoms with van der Waals surface area (Å²) in [6.07, 6.45) is 11.8. The molecule has 1 unspecified atom stereocenters. The lowest BCUT2D eigenvalue weighted by atomic mass is 9.82. The number of piperidine rings is 1. The molecule has 2 aliphatic rings. The van der Waals surface area contributed by atoms with Crippen LogP contribution in [0.5, 0.6) is 0 Å². The predicted octanol–water partition coefficient (Wildman–Crippen LogP) is 3.75. The lowest BCUT2D eigenvalue weighted by Crippen LogP contribution is -2.59. The third kappa shape index (κ3) is 3.32. The zero-order valence-corrected chi connectivity index (χ0v) is 13.3. The predicted molar refractivity (Wildman–Crippen MR) is 89.4 cm³/mol. The van der Waals surface area contributed by atoms with Crippen LogP contribution in [-0.2, 0) is 6.42 Å². The molecule has 2 heteroatoms. The van der Waals surface area contributed by atoms with Crippen LogP contribution in [0.25, 0.3) is 0 Å². The Morgan fingerprint density at radius 2 is 1.62 bits per heavy atom. The third-order valence-corrected chi connectivity index (χ3v) is 5.73. The minimum absolute atomic E-state index is 0.315. The molecule has 1 aromatic rings. The molecule has 1 aromatic carbocycles. The van der Waals surface area contributed by atoms with Crippen molar-refractivity contribution in [2.75, 3.05) is 13.1 Å². The van der Waals surface area contributed by atoms with Gasteiger partial charge >= 0.3 is 0 Å². The summed E-state index contributed by atoms with van der Waals surface area (Å²) in [6.45, 7) is 2.55. The maximum absolute atomic E-state index is 6.75. The summed E-state index contributed by atoms with van der Waals surface area (Å²) in [5.41, 5.74) is 8.50. The molecule has 1 aliphatic heterocycles. The van der Waals surface area contributed by atoms with Crippen molar-refractivity contribution in [2.24, 2.45) is 5.73 Å². The summed E-state index contributed by atoms with van der Waals surface area (Å²) >= 11 is 0. The molecular formula is C19H30N2. The van der Waals surface area contributed by atoms with Crippen LogP contribution in [0.4, 0.5) is 0 Å². The number of benzene rings is 1. The minimum atomic E-state index is 0.315. The van der Waals surface area contributed by atoms with Gasteiger partial charge in [-0.05, 0) is 57.2 Å². The topological polar surface area (TPSA) is 29.3 Å². The second-order valence-electron chi connectivity index (χ2n) is 6.99. The molecular weight excluding hydrogens is 256 g/mol. The summed E-state index contributed by atoms with van der Waals surface area (Å²) in [5.74, 6) is 0. The molecule has 0 amide bonds. The van der Waals surface area contributed by atoms with Crippen LogP contribution in [0.15, 0.2) is 30.3 Å². The number of hydrogen-bond donors (Lipinski definition) is 1. The normalized spacial score (nSPS) is 24.0. The largest absolute Gasteiger partial charge is 0.326 e. The van der Waals surface area contributed by atoms with Crippen molar-refractivity contribution in [3.63, 3.8) is 0 Å². The van der Waals surface area contributed by atoms with E-state index in [4.69, 9.17) is 5.73 Å². The zero-order valence-electron chi connectivity index (χ0n) is 13.3. The average Bonchev–Trinajstić information content (AvgIpc) is 3.05. The molecule has 1 aliphatic carbocycles. The summed E-state index contributed by atoms with van der Waals surface area (Å²) in [6, 6.07) is 11.2. The number of hydrogen-bond acceptors (Lipinski definition) is 2. The van der Waals surface area contributed by atoms with Gasteiger partial charge in [-0.3, -0.25) is 4.90 Å². The number of nitrogens with two attached hydrogens (primary N) is 1. The van der Waals surface area contributed by atoms with Crippen LogP contribution in [0, 0.1) is 0 Å². The van der Waals surface area contributed by atoms with Gasteiger partial charge in [0.05, 0.1) is 0 Å². The van der Waals surface area contributed by atoms with Crippen LogP contribution in [-0.4, -0.2) is 29.6 Å². The lowest BCUT2D eigenvalue weighted by Gasteiger charge is -2.47. The van der Waals surface area contributed by atoms with E-state index in [1.807, 2.05) is 0 Å². The highest BCUT2D eigenvalue weighted by Gasteiger charge is 2.44. The fourth-order valence-electron chi connectivity index (χ4n) is 4.48. The van der Waals surface area contributed by atoms with E-state index in [0.717, 1.165) is 12.8 Å². The van der Waals surface area contributed by atoms with Gasteiger partial charge in [0.1, 0.15) is 0 Å². The molecule has 0 bridgehead atoms. The summed E-state index contributed by atoms with van der Waals surface area (Å²) in [7, 11) is 0. The van der Waals surface area contributed by atoms with E-state index >= 15 is 0 Å². The molecule has 1 heterocycles. The van der Waals surface area contributed by atoms with Crippen molar-refractivity contribution in [3.8, 4) is 0 Å². The van der Waals surface area contributed by atoms with Crippen LogP contribution < -0.4 is 5.73 Å². The maximum Gasteiger partial charge on any atom is 0.0360 e. The molecule has 0 radical (unpaired) electrons. The second kappa shape index (κ2) is 6.93. The van der Waals surface area contributed by atoms with E-state index in [2.05, 4.69) is 35.2 Å². The fraction of sp³-hybridized carbons (Fsp3) is 0.684. The van der Waals surface area contributed by atoms with Crippen molar-refractivity contribution in [3.05, 3.63) is 35.9 Å². The number of aryl methyl sites for hydroxylation is 1. The maximum atomic E-state index is 6.75. The Morgan fingerprint density at radius 3 is 2.29 bits per heavy atom. The highest BCUT2D eigenvalue weighted by atomic mass is 15.2. The van der Waals surface area contributed by atoms with Gasteiger partial charge in [-0.2, -0.15) is 0 Å². The number of likely N-dealkylation sites (tertiary alicyclic amines) is 1. The highest BCUT2D eigenvalue weighted by molar-refractivity contribution is 5.15. The Hall–Kier alpha value is -0.860. The summed E-state index contributed by atoms with van der Waals surface area (Å²) in [5, 5.41) is 0. The Kier molecular flexibility index (Phi) is 4.97. The monoisotopic (exact) mass is 286 g/mol. The first-order chi connectivity index (χ1) is 10.3. The highest BCUT2D eigenvalue weighted by Crippen LogP contribution is 2.40. The molecule has 3 rings (SSSR count). The number of rotatable bonds is 5. The smallest absolute Gasteiger partial charge is 0.0360 e. The third-order valence-electron chi connectivity index (χ3n) is 5.73. The first-order valence-electron chi connectivity index (χ1n) is 8.86. The molecule has 116 valence electrons. The van der Waals surface area contributed by atoms with Gasteiger partial charge in [-0.15, -0.1) is 0 Å². The number of nitrogens with zero attached hydrogens (tertiary/aromatic N) is 1. The van der Waals surface area contributed by atoms with Gasteiger partial charge < -0.3 is 5.73 Å².